The first-order chi connectivity index (χ1) is 14.6. The predicted molar refractivity (Wildman–Crippen MR) is 136 cm³/mol. The highest BCUT2D eigenvalue weighted by molar-refractivity contribution is 14.0. The number of aliphatic imine (C=N–C) groups is 1. The van der Waals surface area contributed by atoms with E-state index in [1.54, 1.807) is 7.11 Å². The number of hydrogen-bond acceptors (Lipinski definition) is 4. The third-order valence-electron chi connectivity index (χ3n) is 5.43. The van der Waals surface area contributed by atoms with Crippen LogP contribution in [0.15, 0.2) is 35.6 Å². The van der Waals surface area contributed by atoms with E-state index in [1.807, 2.05) is 30.9 Å². The van der Waals surface area contributed by atoms with Crippen molar-refractivity contribution in [1.29, 1.82) is 0 Å². The molecule has 2 heterocycles. The van der Waals surface area contributed by atoms with Crippen LogP contribution in [0.5, 0.6) is 11.5 Å². The summed E-state index contributed by atoms with van der Waals surface area (Å²) < 4.78 is 12.9. The van der Waals surface area contributed by atoms with Crippen molar-refractivity contribution in [2.75, 3.05) is 39.9 Å². The van der Waals surface area contributed by atoms with Gasteiger partial charge >= 0.3 is 0 Å². The molecule has 1 aromatic carbocycles. The Kier molecular flexibility index (Phi) is 10.4. The summed E-state index contributed by atoms with van der Waals surface area (Å²) >= 11 is 0. The van der Waals surface area contributed by atoms with Crippen LogP contribution in [0.1, 0.15) is 43.7 Å². The highest BCUT2D eigenvalue weighted by Crippen LogP contribution is 2.29. The zero-order valence-corrected chi connectivity index (χ0v) is 21.5. The molecule has 0 spiro atoms. The molecule has 172 valence electrons. The molecule has 1 atom stereocenters. The first-order valence-corrected chi connectivity index (χ1v) is 11.0. The van der Waals surface area contributed by atoms with Crippen LogP contribution in [0, 0.1) is 0 Å². The van der Waals surface area contributed by atoms with Gasteiger partial charge in [0.2, 0.25) is 0 Å². The van der Waals surface area contributed by atoms with Gasteiger partial charge < -0.3 is 19.7 Å². The van der Waals surface area contributed by atoms with Crippen LogP contribution in [0.2, 0.25) is 0 Å². The van der Waals surface area contributed by atoms with Crippen molar-refractivity contribution in [3.05, 3.63) is 41.7 Å². The summed E-state index contributed by atoms with van der Waals surface area (Å²) in [6.45, 7) is 8.44. The van der Waals surface area contributed by atoms with Gasteiger partial charge in [-0.1, -0.05) is 6.07 Å². The smallest absolute Gasteiger partial charge is 0.193 e. The van der Waals surface area contributed by atoms with E-state index in [1.165, 1.54) is 11.1 Å². The van der Waals surface area contributed by atoms with Gasteiger partial charge in [-0.3, -0.25) is 9.67 Å². The lowest BCUT2D eigenvalue weighted by molar-refractivity contribution is 0.310. The lowest BCUT2D eigenvalue weighted by Crippen LogP contribution is -2.40. The summed E-state index contributed by atoms with van der Waals surface area (Å²) in [6, 6.07) is 6.17. The van der Waals surface area contributed by atoms with Crippen LogP contribution in [0.25, 0.3) is 0 Å². The van der Waals surface area contributed by atoms with E-state index >= 15 is 0 Å². The molecule has 2 aromatic rings. The molecule has 1 N–H and O–H groups in total. The summed E-state index contributed by atoms with van der Waals surface area (Å²) in [6.07, 6.45) is 7.22. The Bertz CT molecular complexity index is 839. The molecule has 1 saturated heterocycles. The molecule has 7 nitrogen and oxygen atoms in total. The number of nitrogens with zero attached hydrogens (tertiary/aromatic N) is 4. The minimum absolute atomic E-state index is 0. The van der Waals surface area contributed by atoms with Crippen molar-refractivity contribution in [3.63, 3.8) is 0 Å². The van der Waals surface area contributed by atoms with Crippen molar-refractivity contribution in [3.8, 4) is 11.5 Å². The number of aromatic nitrogens is 2. The number of nitrogens with one attached hydrogen (secondary N) is 1. The van der Waals surface area contributed by atoms with Crippen LogP contribution in [0.3, 0.4) is 0 Å². The number of aryl methyl sites for hydroxylation is 2. The molecule has 0 aliphatic carbocycles. The second-order valence-electron chi connectivity index (χ2n) is 7.64. The molecule has 1 unspecified atom stereocenters. The number of benzene rings is 1. The van der Waals surface area contributed by atoms with Crippen LogP contribution >= 0.6 is 24.0 Å². The van der Waals surface area contributed by atoms with Crippen LogP contribution in [-0.2, 0) is 13.5 Å². The van der Waals surface area contributed by atoms with E-state index in [-0.39, 0.29) is 24.0 Å². The van der Waals surface area contributed by atoms with Crippen molar-refractivity contribution < 1.29 is 9.47 Å². The number of hydrogen-bond donors (Lipinski definition) is 1. The number of guanidine groups is 1. The second kappa shape index (κ2) is 12.8. The van der Waals surface area contributed by atoms with E-state index < -0.39 is 0 Å². The fraction of sp³-hybridized carbons (Fsp3) is 0.565. The lowest BCUT2D eigenvalue weighted by atomic mass is 10.0. The fourth-order valence-electron chi connectivity index (χ4n) is 3.91. The second-order valence-corrected chi connectivity index (χ2v) is 7.64. The first kappa shape index (κ1) is 25.3. The molecule has 8 heteroatoms. The highest BCUT2D eigenvalue weighted by Gasteiger charge is 2.26. The summed E-state index contributed by atoms with van der Waals surface area (Å²) in [4.78, 5) is 7.27. The molecule has 0 radical (unpaired) electrons. The monoisotopic (exact) mass is 541 g/mol. The zero-order chi connectivity index (χ0) is 21.3. The molecule has 0 saturated carbocycles. The summed E-state index contributed by atoms with van der Waals surface area (Å²) in [7, 11) is 3.65. The molecule has 1 aliphatic heterocycles. The number of halogens is 1. The van der Waals surface area contributed by atoms with E-state index in [9.17, 15) is 0 Å². The Hall–Kier alpha value is -1.97. The Morgan fingerprint density at radius 1 is 1.29 bits per heavy atom. The van der Waals surface area contributed by atoms with Crippen molar-refractivity contribution in [2.24, 2.45) is 12.0 Å². The number of likely N-dealkylation sites (tertiary alicyclic amines) is 1. The minimum atomic E-state index is 0. The topological polar surface area (TPSA) is 63.9 Å². The van der Waals surface area contributed by atoms with E-state index in [0.29, 0.717) is 12.5 Å². The van der Waals surface area contributed by atoms with Gasteiger partial charge in [0.15, 0.2) is 17.5 Å². The average molecular weight is 541 g/mol. The molecule has 3 rings (SSSR count). The molecule has 31 heavy (non-hydrogen) atoms. The maximum Gasteiger partial charge on any atom is 0.193 e. The predicted octanol–water partition coefficient (Wildman–Crippen LogP) is 3.83. The summed E-state index contributed by atoms with van der Waals surface area (Å²) in [5.74, 6) is 3.14. The van der Waals surface area contributed by atoms with E-state index in [4.69, 9.17) is 14.5 Å². The Morgan fingerprint density at radius 2 is 2.13 bits per heavy atom. The van der Waals surface area contributed by atoms with Gasteiger partial charge in [0.1, 0.15) is 0 Å². The fourth-order valence-corrected chi connectivity index (χ4v) is 3.91. The minimum Gasteiger partial charge on any atom is -0.493 e. The molecule has 0 amide bonds. The van der Waals surface area contributed by atoms with Crippen molar-refractivity contribution >= 4 is 29.9 Å². The van der Waals surface area contributed by atoms with Gasteiger partial charge in [-0.25, -0.2) is 0 Å². The van der Waals surface area contributed by atoms with Crippen molar-refractivity contribution in [2.45, 2.75) is 39.0 Å². The third-order valence-corrected chi connectivity index (χ3v) is 5.43. The number of methoxy groups -OCH3 is 1. The molecule has 1 fully saturated rings. The molecule has 1 aliphatic rings. The molecule has 0 bridgehead atoms. The Labute approximate surface area is 203 Å². The summed E-state index contributed by atoms with van der Waals surface area (Å²) in [5, 5.41) is 7.78. The average Bonchev–Trinajstić information content (AvgIpc) is 3.40. The number of ether oxygens (including phenoxy) is 2. The van der Waals surface area contributed by atoms with E-state index in [0.717, 1.165) is 62.9 Å². The SMILES string of the molecule is CCNC(=NCCCc1ccc(OC)c(OCC)c1)N1CCC(c2cnn(C)c2)C1.I. The normalized spacial score (nSPS) is 16.2. The van der Waals surface area contributed by atoms with Gasteiger partial charge in [-0.15, -0.1) is 24.0 Å². The molecule has 1 aromatic heterocycles. The maximum absolute atomic E-state index is 5.69. The van der Waals surface area contributed by atoms with Gasteiger partial charge in [0, 0.05) is 45.3 Å². The molecular formula is C23H36IN5O2. The lowest BCUT2D eigenvalue weighted by Gasteiger charge is -2.21. The Balaban J connectivity index is 0.00000341. The largest absolute Gasteiger partial charge is 0.493 e. The van der Waals surface area contributed by atoms with E-state index in [2.05, 4.69) is 40.6 Å². The van der Waals surface area contributed by atoms with Crippen molar-refractivity contribution in [1.82, 2.24) is 20.0 Å². The zero-order valence-electron chi connectivity index (χ0n) is 19.1. The van der Waals surface area contributed by atoms with Gasteiger partial charge in [-0.05, 0) is 56.4 Å². The standard InChI is InChI=1S/C23H35N5O2.HI/c1-5-24-23(28-13-11-19(17-28)20-15-26-27(3)16-20)25-12-7-8-18-9-10-21(29-4)22(14-18)30-6-2;/h9-10,14-16,19H,5-8,11-13,17H2,1-4H3,(H,24,25);1H. The van der Waals surface area contributed by atoms with Gasteiger partial charge in [0.25, 0.3) is 0 Å². The van der Waals surface area contributed by atoms with Crippen LogP contribution < -0.4 is 14.8 Å². The maximum atomic E-state index is 5.69. The highest BCUT2D eigenvalue weighted by atomic mass is 127. The van der Waals surface area contributed by atoms with Gasteiger partial charge in [0.05, 0.1) is 19.9 Å². The van der Waals surface area contributed by atoms with Crippen LogP contribution in [-0.4, -0.2) is 60.5 Å². The molecular weight excluding hydrogens is 505 g/mol. The van der Waals surface area contributed by atoms with Gasteiger partial charge in [-0.2, -0.15) is 5.10 Å². The number of rotatable bonds is 9. The quantitative estimate of drug-likeness (QED) is 0.226. The summed E-state index contributed by atoms with van der Waals surface area (Å²) in [5.41, 5.74) is 2.57. The van der Waals surface area contributed by atoms with Crippen LogP contribution in [0.4, 0.5) is 0 Å². The third kappa shape index (κ3) is 7.02. The first-order valence-electron chi connectivity index (χ1n) is 11.0. The Morgan fingerprint density at radius 3 is 2.81 bits per heavy atom.